The highest BCUT2D eigenvalue weighted by atomic mass is 16.5. The number of amides is 1. The van der Waals surface area contributed by atoms with Gasteiger partial charge in [-0.3, -0.25) is 4.79 Å². The molecule has 0 bridgehead atoms. The van der Waals surface area contributed by atoms with Gasteiger partial charge in [-0.25, -0.2) is 0 Å². The molecule has 0 aliphatic heterocycles. The minimum absolute atomic E-state index is 0.0302. The van der Waals surface area contributed by atoms with Crippen LogP contribution in [-0.4, -0.2) is 30.3 Å². The van der Waals surface area contributed by atoms with Gasteiger partial charge in [-0.2, -0.15) is 0 Å². The van der Waals surface area contributed by atoms with Crippen LogP contribution in [0, 0.1) is 6.92 Å². The minimum atomic E-state index is -0.539. The zero-order valence-corrected chi connectivity index (χ0v) is 9.56. The molecule has 1 aromatic carbocycles. The molecule has 1 aromatic rings. The van der Waals surface area contributed by atoms with Crippen molar-refractivity contribution < 1.29 is 14.6 Å². The van der Waals surface area contributed by atoms with Crippen molar-refractivity contribution >= 4 is 5.91 Å². The van der Waals surface area contributed by atoms with Crippen LogP contribution in [0.15, 0.2) is 24.3 Å². The van der Waals surface area contributed by atoms with Crippen LogP contribution in [0.4, 0.5) is 0 Å². The number of hydrogen-bond acceptors (Lipinski definition) is 3. The van der Waals surface area contributed by atoms with E-state index in [4.69, 9.17) is 9.84 Å². The molecule has 1 amide bonds. The fraction of sp³-hybridized carbons (Fsp3) is 0.417. The maximum atomic E-state index is 11.3. The maximum absolute atomic E-state index is 11.3. The van der Waals surface area contributed by atoms with Crippen LogP contribution in [-0.2, 0) is 4.79 Å². The molecule has 0 heterocycles. The summed E-state index contributed by atoms with van der Waals surface area (Å²) in [6.07, 6.45) is -0.539. The molecule has 0 aliphatic rings. The lowest BCUT2D eigenvalue weighted by atomic mass is 10.2. The molecule has 1 rings (SSSR count). The van der Waals surface area contributed by atoms with Crippen molar-refractivity contribution in [1.29, 1.82) is 0 Å². The third-order valence-electron chi connectivity index (χ3n) is 2.05. The average Bonchev–Trinajstić information content (AvgIpc) is 2.25. The molecule has 0 spiro atoms. The molecule has 2 N–H and O–H groups in total. The van der Waals surface area contributed by atoms with Gasteiger partial charge in [0.2, 0.25) is 0 Å². The first kappa shape index (κ1) is 12.5. The van der Waals surface area contributed by atoms with Gasteiger partial charge in [0.25, 0.3) is 5.91 Å². The number of ether oxygens (including phenoxy) is 1. The summed E-state index contributed by atoms with van der Waals surface area (Å²) in [6, 6.07) is 7.51. The summed E-state index contributed by atoms with van der Waals surface area (Å²) in [5.41, 5.74) is 0.992. The van der Waals surface area contributed by atoms with Gasteiger partial charge >= 0.3 is 0 Å². The Balaban J connectivity index is 2.35. The Kier molecular flexibility index (Phi) is 4.79. The van der Waals surface area contributed by atoms with Crippen LogP contribution in [0.25, 0.3) is 0 Å². The summed E-state index contributed by atoms with van der Waals surface area (Å²) >= 11 is 0. The molecule has 0 radical (unpaired) electrons. The van der Waals surface area contributed by atoms with E-state index >= 15 is 0 Å². The molecule has 88 valence electrons. The second kappa shape index (κ2) is 6.12. The first-order chi connectivity index (χ1) is 7.59. The van der Waals surface area contributed by atoms with Gasteiger partial charge in [0.1, 0.15) is 5.75 Å². The first-order valence-electron chi connectivity index (χ1n) is 5.23. The predicted molar refractivity (Wildman–Crippen MR) is 61.4 cm³/mol. The lowest BCUT2D eigenvalue weighted by Gasteiger charge is -2.10. The zero-order chi connectivity index (χ0) is 12.0. The number of benzene rings is 1. The topological polar surface area (TPSA) is 58.6 Å². The fourth-order valence-corrected chi connectivity index (χ4v) is 1.17. The molecule has 0 unspecified atom stereocenters. The van der Waals surface area contributed by atoms with Crippen LogP contribution >= 0.6 is 0 Å². The molecule has 4 nitrogen and oxygen atoms in total. The van der Waals surface area contributed by atoms with Gasteiger partial charge in [-0.05, 0) is 25.5 Å². The van der Waals surface area contributed by atoms with E-state index in [1.165, 1.54) is 0 Å². The van der Waals surface area contributed by atoms with E-state index in [1.807, 2.05) is 31.2 Å². The highest BCUT2D eigenvalue weighted by Crippen LogP contribution is 2.15. The van der Waals surface area contributed by atoms with Gasteiger partial charge < -0.3 is 15.2 Å². The summed E-state index contributed by atoms with van der Waals surface area (Å²) in [4.78, 5) is 11.3. The third kappa shape index (κ3) is 4.31. The van der Waals surface area contributed by atoms with Crippen molar-refractivity contribution in [1.82, 2.24) is 5.32 Å². The van der Waals surface area contributed by atoms with Crippen molar-refractivity contribution in [3.05, 3.63) is 29.8 Å². The molecule has 0 aliphatic carbocycles. The van der Waals surface area contributed by atoms with Crippen LogP contribution in [0.2, 0.25) is 0 Å². The number of nitrogens with one attached hydrogen (secondary N) is 1. The lowest BCUT2D eigenvalue weighted by molar-refractivity contribution is -0.123. The van der Waals surface area contributed by atoms with E-state index in [9.17, 15) is 4.79 Å². The monoisotopic (exact) mass is 223 g/mol. The predicted octanol–water partition coefficient (Wildman–Crippen LogP) is 0.871. The lowest BCUT2D eigenvalue weighted by Crippen LogP contribution is -2.34. The second-order valence-corrected chi connectivity index (χ2v) is 3.71. The SMILES string of the molecule is Cc1ccccc1OCC(=O)NC[C@H](C)O. The Morgan fingerprint density at radius 1 is 1.50 bits per heavy atom. The Morgan fingerprint density at radius 3 is 2.81 bits per heavy atom. The number of hydrogen-bond donors (Lipinski definition) is 2. The summed E-state index contributed by atoms with van der Waals surface area (Å²) in [7, 11) is 0. The average molecular weight is 223 g/mol. The Labute approximate surface area is 95.2 Å². The van der Waals surface area contributed by atoms with Gasteiger partial charge in [0.05, 0.1) is 6.10 Å². The van der Waals surface area contributed by atoms with Crippen molar-refractivity contribution in [3.8, 4) is 5.75 Å². The van der Waals surface area contributed by atoms with Crippen molar-refractivity contribution in [3.63, 3.8) is 0 Å². The van der Waals surface area contributed by atoms with Crippen LogP contribution in [0.3, 0.4) is 0 Å². The highest BCUT2D eigenvalue weighted by molar-refractivity contribution is 5.77. The third-order valence-corrected chi connectivity index (χ3v) is 2.05. The summed E-state index contributed by atoms with van der Waals surface area (Å²) < 4.78 is 5.34. The highest BCUT2D eigenvalue weighted by Gasteiger charge is 2.04. The molecule has 0 fully saturated rings. The number of carbonyl (C=O) groups is 1. The Morgan fingerprint density at radius 2 is 2.19 bits per heavy atom. The van der Waals surface area contributed by atoms with E-state index in [-0.39, 0.29) is 19.1 Å². The molecule has 0 saturated heterocycles. The standard InChI is InChI=1S/C12H17NO3/c1-9-5-3-4-6-11(9)16-8-12(15)13-7-10(2)14/h3-6,10,14H,7-8H2,1-2H3,(H,13,15)/t10-/m0/s1. The number of carbonyl (C=O) groups excluding carboxylic acids is 1. The zero-order valence-electron chi connectivity index (χ0n) is 9.56. The number of aliphatic hydroxyl groups excluding tert-OH is 1. The number of para-hydroxylation sites is 1. The maximum Gasteiger partial charge on any atom is 0.258 e. The van der Waals surface area contributed by atoms with Gasteiger partial charge in [0, 0.05) is 6.54 Å². The van der Waals surface area contributed by atoms with Gasteiger partial charge in [-0.1, -0.05) is 18.2 Å². The summed E-state index contributed by atoms with van der Waals surface area (Å²) in [6.45, 7) is 3.75. The van der Waals surface area contributed by atoms with Crippen molar-refractivity contribution in [2.75, 3.05) is 13.2 Å². The van der Waals surface area contributed by atoms with Crippen LogP contribution < -0.4 is 10.1 Å². The van der Waals surface area contributed by atoms with E-state index in [1.54, 1.807) is 6.92 Å². The van der Waals surface area contributed by atoms with Gasteiger partial charge in [0.15, 0.2) is 6.61 Å². The first-order valence-corrected chi connectivity index (χ1v) is 5.23. The van der Waals surface area contributed by atoms with E-state index < -0.39 is 6.10 Å². The Bertz CT molecular complexity index is 350. The molecular formula is C12H17NO3. The molecule has 16 heavy (non-hydrogen) atoms. The van der Waals surface area contributed by atoms with Crippen molar-refractivity contribution in [2.45, 2.75) is 20.0 Å². The minimum Gasteiger partial charge on any atom is -0.484 e. The summed E-state index contributed by atoms with van der Waals surface area (Å²) in [5.74, 6) is 0.471. The van der Waals surface area contributed by atoms with Crippen molar-refractivity contribution in [2.24, 2.45) is 0 Å². The number of aliphatic hydroxyl groups is 1. The second-order valence-electron chi connectivity index (χ2n) is 3.71. The van der Waals surface area contributed by atoms with Crippen LogP contribution in [0.1, 0.15) is 12.5 Å². The van der Waals surface area contributed by atoms with Crippen LogP contribution in [0.5, 0.6) is 5.75 Å². The van der Waals surface area contributed by atoms with E-state index in [2.05, 4.69) is 5.32 Å². The normalized spacial score (nSPS) is 11.9. The molecular weight excluding hydrogens is 206 g/mol. The molecule has 0 aromatic heterocycles. The molecule has 1 atom stereocenters. The quantitative estimate of drug-likeness (QED) is 0.778. The Hall–Kier alpha value is -1.55. The molecule has 0 saturated carbocycles. The fourth-order valence-electron chi connectivity index (χ4n) is 1.17. The largest absolute Gasteiger partial charge is 0.484 e. The number of aryl methyl sites for hydroxylation is 1. The van der Waals surface area contributed by atoms with E-state index in [0.717, 1.165) is 5.56 Å². The summed E-state index contributed by atoms with van der Waals surface area (Å²) in [5, 5.41) is 11.5. The van der Waals surface area contributed by atoms with Gasteiger partial charge in [-0.15, -0.1) is 0 Å². The molecule has 4 heteroatoms. The smallest absolute Gasteiger partial charge is 0.258 e. The van der Waals surface area contributed by atoms with E-state index in [0.29, 0.717) is 5.75 Å². The number of rotatable bonds is 5.